The van der Waals surface area contributed by atoms with Gasteiger partial charge in [0.1, 0.15) is 12.8 Å². The van der Waals surface area contributed by atoms with Crippen LogP contribution < -0.4 is 21.7 Å². The third-order valence-electron chi connectivity index (χ3n) is 4.38. The molecule has 138 valence electrons. The van der Waals surface area contributed by atoms with E-state index >= 15 is 0 Å². The second kappa shape index (κ2) is 7.08. The highest BCUT2D eigenvalue weighted by atomic mass is 35.5. The predicted octanol–water partition coefficient (Wildman–Crippen LogP) is 2.39. The minimum atomic E-state index is -4.68. The zero-order chi connectivity index (χ0) is 18.3. The topological polar surface area (TPSA) is 13.1 Å². The van der Waals surface area contributed by atoms with Crippen molar-refractivity contribution in [2.45, 2.75) is 6.36 Å². The normalized spacial score (nSPS) is 11.4. The van der Waals surface area contributed by atoms with Crippen LogP contribution in [0.25, 0.3) is 32.8 Å². The lowest BCUT2D eigenvalue weighted by Crippen LogP contribution is -3.00. The van der Waals surface area contributed by atoms with E-state index in [0.29, 0.717) is 0 Å². The van der Waals surface area contributed by atoms with Crippen molar-refractivity contribution in [1.29, 1.82) is 0 Å². The fourth-order valence-electron chi connectivity index (χ4n) is 3.22. The van der Waals surface area contributed by atoms with Crippen LogP contribution in [0.1, 0.15) is 0 Å². The van der Waals surface area contributed by atoms with Crippen LogP contribution in [0, 0.1) is 0 Å². The highest BCUT2D eigenvalue weighted by molar-refractivity contribution is 6.05. The van der Waals surface area contributed by atoms with Gasteiger partial charge in [0.25, 0.3) is 0 Å². The number of hydrogen-bond acceptors (Lipinski definition) is 1. The van der Waals surface area contributed by atoms with Gasteiger partial charge in [-0.1, -0.05) is 30.3 Å². The summed E-state index contributed by atoms with van der Waals surface area (Å²) in [5.41, 5.74) is 2.86. The summed E-state index contributed by atoms with van der Waals surface area (Å²) in [5, 5.41) is 3.37. The zero-order valence-electron chi connectivity index (χ0n) is 14.3. The second-order valence-electron chi connectivity index (χ2n) is 6.13. The smallest absolute Gasteiger partial charge is 0.573 e. The van der Waals surface area contributed by atoms with Gasteiger partial charge < -0.3 is 17.1 Å². The Labute approximate surface area is 160 Å². The predicted molar refractivity (Wildman–Crippen MR) is 94.7 cm³/mol. The van der Waals surface area contributed by atoms with Crippen molar-refractivity contribution in [2.24, 2.45) is 7.05 Å². The van der Waals surface area contributed by atoms with Crippen molar-refractivity contribution in [1.82, 2.24) is 0 Å². The molecule has 0 spiro atoms. The molecule has 0 amide bonds. The average Bonchev–Trinajstić information content (AvgIpc) is 2.61. The number of rotatable bonds is 2. The number of pyridine rings is 1. The lowest BCUT2D eigenvalue weighted by molar-refractivity contribution is -0.643. The molecule has 27 heavy (non-hydrogen) atoms. The quantitative estimate of drug-likeness (QED) is 0.379. The summed E-state index contributed by atoms with van der Waals surface area (Å²) in [6.07, 6.45) is -2.60. The molecule has 0 unspecified atom stereocenters. The summed E-state index contributed by atoms with van der Waals surface area (Å²) in [6, 6.07) is 20.1. The summed E-state index contributed by atoms with van der Waals surface area (Å²) in [7, 11) is 2.00. The number of aromatic nitrogens is 1. The summed E-state index contributed by atoms with van der Waals surface area (Å²) in [4.78, 5) is 0. The fraction of sp³-hybridized carbons (Fsp3) is 0.0952. The molecule has 0 saturated carbocycles. The number of fused-ring (bicyclic) bond motifs is 3. The summed E-state index contributed by atoms with van der Waals surface area (Å²) < 4.78 is 42.9. The van der Waals surface area contributed by atoms with Crippen LogP contribution in [-0.4, -0.2) is 6.36 Å². The van der Waals surface area contributed by atoms with Crippen molar-refractivity contribution in [3.8, 4) is 16.9 Å². The molecule has 4 aromatic rings. The highest BCUT2D eigenvalue weighted by Gasteiger charge is 2.30. The molecular formula is C21H15ClF3NO. The van der Waals surface area contributed by atoms with E-state index in [1.807, 2.05) is 31.3 Å². The first-order valence-corrected chi connectivity index (χ1v) is 8.08. The summed E-state index contributed by atoms with van der Waals surface area (Å²) in [5.74, 6) is -0.223. The van der Waals surface area contributed by atoms with Crippen molar-refractivity contribution in [3.05, 3.63) is 72.9 Å². The monoisotopic (exact) mass is 389 g/mol. The molecule has 0 saturated heterocycles. The molecular weight excluding hydrogens is 375 g/mol. The first-order valence-electron chi connectivity index (χ1n) is 8.08. The van der Waals surface area contributed by atoms with Crippen molar-refractivity contribution in [3.63, 3.8) is 0 Å². The van der Waals surface area contributed by atoms with E-state index in [1.54, 1.807) is 12.1 Å². The Bertz CT molecular complexity index is 1110. The molecule has 2 nitrogen and oxygen atoms in total. The van der Waals surface area contributed by atoms with Crippen LogP contribution in [-0.2, 0) is 7.05 Å². The van der Waals surface area contributed by atoms with E-state index in [-0.39, 0.29) is 18.2 Å². The second-order valence-corrected chi connectivity index (χ2v) is 6.13. The average molecular weight is 390 g/mol. The van der Waals surface area contributed by atoms with Crippen molar-refractivity contribution in [2.75, 3.05) is 0 Å². The largest absolute Gasteiger partial charge is 1.00 e. The highest BCUT2D eigenvalue weighted by Crippen LogP contribution is 2.30. The van der Waals surface area contributed by atoms with Gasteiger partial charge in [-0.15, -0.1) is 13.2 Å². The van der Waals surface area contributed by atoms with Crippen LogP contribution in [0.4, 0.5) is 13.2 Å². The Hall–Kier alpha value is -2.79. The van der Waals surface area contributed by atoms with Crippen LogP contribution >= 0.6 is 0 Å². The Balaban J connectivity index is 0.00000210. The van der Waals surface area contributed by atoms with E-state index in [2.05, 4.69) is 33.7 Å². The zero-order valence-corrected chi connectivity index (χ0v) is 15.1. The number of nitrogens with zero attached hydrogens (tertiary/aromatic N) is 1. The van der Waals surface area contributed by atoms with Crippen molar-refractivity contribution >= 4 is 21.7 Å². The van der Waals surface area contributed by atoms with E-state index in [1.165, 1.54) is 12.1 Å². The SMILES string of the molecule is C[n+]1cc2ccccc2c2cc(-c3ccc(OC(F)(F)F)cc3)ccc21.[Cl-]. The number of alkyl halides is 3. The molecule has 4 rings (SSSR count). The molecule has 0 fully saturated rings. The van der Waals surface area contributed by atoms with Gasteiger partial charge in [-0.05, 0) is 41.5 Å². The molecule has 0 atom stereocenters. The minimum absolute atomic E-state index is 0. The summed E-state index contributed by atoms with van der Waals surface area (Å²) in [6.45, 7) is 0. The van der Waals surface area contributed by atoms with Crippen LogP contribution in [0.2, 0.25) is 0 Å². The number of benzene rings is 3. The molecule has 3 aromatic carbocycles. The van der Waals surface area contributed by atoms with Crippen molar-refractivity contribution < 1.29 is 34.9 Å². The molecule has 0 aliphatic carbocycles. The molecule has 1 heterocycles. The van der Waals surface area contributed by atoms with Gasteiger partial charge in [0, 0.05) is 16.8 Å². The van der Waals surface area contributed by atoms with Gasteiger partial charge in [-0.2, -0.15) is 0 Å². The maximum Gasteiger partial charge on any atom is 0.573 e. The Morgan fingerprint density at radius 2 is 1.48 bits per heavy atom. The first kappa shape index (κ1) is 19.0. The van der Waals surface area contributed by atoms with Gasteiger partial charge in [-0.25, -0.2) is 4.57 Å². The van der Waals surface area contributed by atoms with Gasteiger partial charge in [0.15, 0.2) is 6.20 Å². The number of hydrogen-bond donors (Lipinski definition) is 0. The van der Waals surface area contributed by atoms with Gasteiger partial charge in [0.05, 0.1) is 5.39 Å². The van der Waals surface area contributed by atoms with E-state index in [9.17, 15) is 13.2 Å². The molecule has 0 aliphatic heterocycles. The minimum Gasteiger partial charge on any atom is -1.00 e. The molecule has 0 bridgehead atoms. The molecule has 1 aromatic heterocycles. The Kier molecular flexibility index (Phi) is 4.98. The van der Waals surface area contributed by atoms with E-state index < -0.39 is 6.36 Å². The van der Waals surface area contributed by atoms with Gasteiger partial charge in [-0.3, -0.25) is 0 Å². The maximum atomic E-state index is 12.3. The molecule has 0 aliphatic rings. The standard InChI is InChI=1S/C21H15F3NO.ClH/c1-25-13-16-4-2-3-5-18(16)19-12-15(8-11-20(19)25)14-6-9-17(10-7-14)26-21(22,23)24;/h2-13H,1H3;1H/q+1;/p-1. The first-order chi connectivity index (χ1) is 12.4. The fourth-order valence-corrected chi connectivity index (χ4v) is 3.22. The van der Waals surface area contributed by atoms with Crippen LogP contribution in [0.5, 0.6) is 5.75 Å². The lowest BCUT2D eigenvalue weighted by Gasteiger charge is -2.10. The van der Waals surface area contributed by atoms with Gasteiger partial charge in [0.2, 0.25) is 5.52 Å². The Morgan fingerprint density at radius 1 is 0.815 bits per heavy atom. The molecule has 6 heteroatoms. The summed E-state index contributed by atoms with van der Waals surface area (Å²) >= 11 is 0. The number of aryl methyl sites for hydroxylation is 1. The molecule has 0 radical (unpaired) electrons. The lowest BCUT2D eigenvalue weighted by atomic mass is 10.00. The van der Waals surface area contributed by atoms with Crippen LogP contribution in [0.15, 0.2) is 72.9 Å². The number of halogens is 4. The molecule has 0 N–H and O–H groups in total. The third-order valence-corrected chi connectivity index (χ3v) is 4.38. The van der Waals surface area contributed by atoms with E-state index in [4.69, 9.17) is 0 Å². The Morgan fingerprint density at radius 3 is 2.19 bits per heavy atom. The third kappa shape index (κ3) is 3.83. The van der Waals surface area contributed by atoms with E-state index in [0.717, 1.165) is 32.8 Å². The number of ether oxygens (including phenoxy) is 1. The van der Waals surface area contributed by atoms with Gasteiger partial charge >= 0.3 is 6.36 Å². The maximum absolute atomic E-state index is 12.3. The van der Waals surface area contributed by atoms with Crippen LogP contribution in [0.3, 0.4) is 0 Å².